The second-order valence-corrected chi connectivity index (χ2v) is 7.75. The quantitative estimate of drug-likeness (QED) is 0.249. The number of fused-ring (bicyclic) bond motifs is 1. The van der Waals surface area contributed by atoms with E-state index in [0.717, 1.165) is 11.8 Å². The number of carbonyl (C=O) groups is 2. The highest BCUT2D eigenvalue weighted by atomic mass is 32.2. The number of methoxy groups -OCH3 is 1. The van der Waals surface area contributed by atoms with Crippen LogP contribution in [0, 0.1) is 12.7 Å². The first-order valence-corrected chi connectivity index (χ1v) is 10.6. The van der Waals surface area contributed by atoms with Gasteiger partial charge in [0.1, 0.15) is 5.82 Å². The molecule has 1 aromatic heterocycles. The number of thioether (sulfide) groups is 1. The topological polar surface area (TPSA) is 90.3 Å². The predicted octanol–water partition coefficient (Wildman–Crippen LogP) is 2.99. The Balaban J connectivity index is 1.83. The Bertz CT molecular complexity index is 1180. The summed E-state index contributed by atoms with van der Waals surface area (Å²) >= 11 is 1.08. The van der Waals surface area contributed by atoms with E-state index < -0.39 is 5.82 Å². The van der Waals surface area contributed by atoms with E-state index in [1.165, 1.54) is 17.7 Å². The minimum absolute atomic E-state index is 0.0113. The minimum Gasteiger partial charge on any atom is -0.469 e. The summed E-state index contributed by atoms with van der Waals surface area (Å²) in [7, 11) is 1.31. The van der Waals surface area contributed by atoms with Crippen LogP contribution in [0.4, 0.5) is 4.39 Å². The number of ether oxygens (including phenoxy) is 1. The van der Waals surface area contributed by atoms with Crippen LogP contribution in [0.15, 0.2) is 52.4 Å². The summed E-state index contributed by atoms with van der Waals surface area (Å²) in [5.41, 5.74) is 0.964. The third-order valence-electron chi connectivity index (χ3n) is 4.60. The molecule has 9 heteroatoms. The van der Waals surface area contributed by atoms with Crippen LogP contribution in [-0.2, 0) is 14.3 Å². The van der Waals surface area contributed by atoms with E-state index >= 15 is 0 Å². The number of para-hydroxylation sites is 1. The average Bonchev–Trinajstić information content (AvgIpc) is 2.77. The van der Waals surface area contributed by atoms with Crippen molar-refractivity contribution in [2.24, 2.45) is 0 Å². The van der Waals surface area contributed by atoms with Gasteiger partial charge in [0.15, 0.2) is 5.16 Å². The molecule has 0 aliphatic carbocycles. The molecule has 0 atom stereocenters. The van der Waals surface area contributed by atoms with Gasteiger partial charge >= 0.3 is 5.97 Å². The maximum atomic E-state index is 14.2. The Morgan fingerprint density at radius 3 is 2.74 bits per heavy atom. The number of esters is 1. The molecular formula is C22H22FN3O4S. The lowest BCUT2D eigenvalue weighted by Gasteiger charge is -2.14. The van der Waals surface area contributed by atoms with E-state index in [4.69, 9.17) is 0 Å². The molecule has 2 aromatic carbocycles. The zero-order valence-electron chi connectivity index (χ0n) is 17.2. The molecule has 0 radical (unpaired) electrons. The van der Waals surface area contributed by atoms with E-state index in [0.29, 0.717) is 35.1 Å². The first-order chi connectivity index (χ1) is 14.9. The van der Waals surface area contributed by atoms with Crippen molar-refractivity contribution in [3.05, 3.63) is 64.2 Å². The van der Waals surface area contributed by atoms with Crippen LogP contribution in [0.1, 0.15) is 18.4 Å². The normalized spacial score (nSPS) is 10.8. The number of rotatable bonds is 8. The largest absolute Gasteiger partial charge is 0.469 e. The van der Waals surface area contributed by atoms with Gasteiger partial charge in [-0.15, -0.1) is 0 Å². The Morgan fingerprint density at radius 2 is 2.00 bits per heavy atom. The molecule has 0 aliphatic heterocycles. The van der Waals surface area contributed by atoms with Crippen molar-refractivity contribution in [1.29, 1.82) is 0 Å². The summed E-state index contributed by atoms with van der Waals surface area (Å²) < 4.78 is 20.0. The molecule has 0 saturated carbocycles. The zero-order valence-corrected chi connectivity index (χ0v) is 18.0. The summed E-state index contributed by atoms with van der Waals surface area (Å²) in [6.45, 7) is 1.97. The van der Waals surface area contributed by atoms with Gasteiger partial charge in [0, 0.05) is 13.0 Å². The number of hydrogen-bond acceptors (Lipinski definition) is 6. The van der Waals surface area contributed by atoms with Gasteiger partial charge in [0.2, 0.25) is 5.91 Å². The molecule has 0 aliphatic rings. The number of nitrogens with one attached hydrogen (secondary N) is 1. The van der Waals surface area contributed by atoms with Crippen LogP contribution in [0.3, 0.4) is 0 Å². The first kappa shape index (κ1) is 22.5. The van der Waals surface area contributed by atoms with E-state index in [1.807, 2.05) is 0 Å². The van der Waals surface area contributed by atoms with Gasteiger partial charge in [0.05, 0.1) is 29.5 Å². The highest BCUT2D eigenvalue weighted by molar-refractivity contribution is 7.99. The molecule has 0 unspecified atom stereocenters. The van der Waals surface area contributed by atoms with Gasteiger partial charge in [-0.25, -0.2) is 9.37 Å². The lowest BCUT2D eigenvalue weighted by molar-refractivity contribution is -0.140. The molecule has 162 valence electrons. The first-order valence-electron chi connectivity index (χ1n) is 9.65. The van der Waals surface area contributed by atoms with Crippen molar-refractivity contribution in [3.63, 3.8) is 0 Å². The van der Waals surface area contributed by atoms with Crippen LogP contribution >= 0.6 is 11.8 Å². The smallest absolute Gasteiger partial charge is 0.305 e. The molecule has 0 fully saturated rings. The Kier molecular flexibility index (Phi) is 7.41. The Hall–Kier alpha value is -3.20. The summed E-state index contributed by atoms with van der Waals surface area (Å²) in [5, 5.41) is 3.41. The fourth-order valence-corrected chi connectivity index (χ4v) is 3.74. The minimum atomic E-state index is -0.433. The zero-order chi connectivity index (χ0) is 22.4. The number of benzene rings is 2. The van der Waals surface area contributed by atoms with Crippen molar-refractivity contribution in [1.82, 2.24) is 14.9 Å². The number of halogens is 1. The van der Waals surface area contributed by atoms with Gasteiger partial charge in [-0.3, -0.25) is 19.0 Å². The van der Waals surface area contributed by atoms with E-state index in [9.17, 15) is 18.8 Å². The third-order valence-corrected chi connectivity index (χ3v) is 5.54. The second-order valence-electron chi connectivity index (χ2n) is 6.80. The number of nitrogens with zero attached hydrogens (tertiary/aromatic N) is 2. The fraction of sp³-hybridized carbons (Fsp3) is 0.273. The molecule has 31 heavy (non-hydrogen) atoms. The van der Waals surface area contributed by atoms with E-state index in [-0.39, 0.29) is 34.8 Å². The lowest BCUT2D eigenvalue weighted by Crippen LogP contribution is -2.27. The molecule has 0 saturated heterocycles. The number of aromatic nitrogens is 2. The molecule has 1 heterocycles. The Morgan fingerprint density at radius 1 is 1.23 bits per heavy atom. The molecule has 3 rings (SSSR count). The van der Waals surface area contributed by atoms with Crippen LogP contribution < -0.4 is 10.9 Å². The van der Waals surface area contributed by atoms with Gasteiger partial charge < -0.3 is 10.1 Å². The summed E-state index contributed by atoms with van der Waals surface area (Å²) in [4.78, 5) is 41.0. The highest BCUT2D eigenvalue weighted by Crippen LogP contribution is 2.22. The maximum Gasteiger partial charge on any atom is 0.305 e. The molecule has 3 aromatic rings. The summed E-state index contributed by atoms with van der Waals surface area (Å²) in [6, 6.07) is 11.4. The monoisotopic (exact) mass is 443 g/mol. The SMILES string of the molecule is COC(=O)CCCNC(=O)CSc1nc2ccccc2c(=O)n1-c1ccc(C)c(F)c1. The highest BCUT2D eigenvalue weighted by Gasteiger charge is 2.15. The maximum absolute atomic E-state index is 14.2. The fourth-order valence-electron chi connectivity index (χ4n) is 2.90. The second kappa shape index (κ2) is 10.2. The van der Waals surface area contributed by atoms with Crippen molar-refractivity contribution >= 4 is 34.5 Å². The van der Waals surface area contributed by atoms with Crippen LogP contribution in [0.25, 0.3) is 16.6 Å². The van der Waals surface area contributed by atoms with Crippen LogP contribution in [0.2, 0.25) is 0 Å². The summed E-state index contributed by atoms with van der Waals surface area (Å²) in [6.07, 6.45) is 0.680. The van der Waals surface area contributed by atoms with Gasteiger partial charge in [-0.1, -0.05) is 30.0 Å². The summed E-state index contributed by atoms with van der Waals surface area (Å²) in [5.74, 6) is -1.02. The van der Waals surface area contributed by atoms with Gasteiger partial charge in [0.25, 0.3) is 5.56 Å². The predicted molar refractivity (Wildman–Crippen MR) is 117 cm³/mol. The molecule has 7 nitrogen and oxygen atoms in total. The molecular weight excluding hydrogens is 421 g/mol. The molecule has 0 spiro atoms. The van der Waals surface area contributed by atoms with E-state index in [1.54, 1.807) is 43.3 Å². The number of carbonyl (C=O) groups excluding carboxylic acids is 2. The van der Waals surface area contributed by atoms with Crippen molar-refractivity contribution in [2.75, 3.05) is 19.4 Å². The molecule has 1 N–H and O–H groups in total. The Labute approximate surface area is 182 Å². The van der Waals surface area contributed by atoms with Crippen molar-refractivity contribution < 1.29 is 18.7 Å². The van der Waals surface area contributed by atoms with Gasteiger partial charge in [-0.05, 0) is 43.2 Å². The molecule has 1 amide bonds. The third kappa shape index (κ3) is 5.49. The van der Waals surface area contributed by atoms with Crippen molar-refractivity contribution in [2.45, 2.75) is 24.9 Å². The van der Waals surface area contributed by atoms with Crippen LogP contribution in [0.5, 0.6) is 0 Å². The lowest BCUT2D eigenvalue weighted by atomic mass is 10.2. The number of amides is 1. The molecule has 0 bridgehead atoms. The standard InChI is InChI=1S/C22H22FN3O4S/c1-14-9-10-15(12-17(14)23)26-21(29)16-6-3-4-7-18(16)25-22(26)31-13-19(27)24-11-5-8-20(28)30-2/h3-4,6-7,9-10,12H,5,8,11,13H2,1-2H3,(H,24,27). The average molecular weight is 444 g/mol. The van der Waals surface area contributed by atoms with Crippen molar-refractivity contribution in [3.8, 4) is 5.69 Å². The number of aryl methyl sites for hydroxylation is 1. The van der Waals surface area contributed by atoms with Crippen LogP contribution in [-0.4, -0.2) is 40.8 Å². The van der Waals surface area contributed by atoms with E-state index in [2.05, 4.69) is 15.0 Å². The number of hydrogen-bond donors (Lipinski definition) is 1. The van der Waals surface area contributed by atoms with Gasteiger partial charge in [-0.2, -0.15) is 0 Å².